The van der Waals surface area contributed by atoms with Crippen molar-refractivity contribution in [3.05, 3.63) is 81.9 Å². The predicted octanol–water partition coefficient (Wildman–Crippen LogP) is 5.82. The Balaban J connectivity index is 0.826. The largest absolute Gasteiger partial charge is 0.491 e. The van der Waals surface area contributed by atoms with Gasteiger partial charge in [-0.1, -0.05) is 17.7 Å². The summed E-state index contributed by atoms with van der Waals surface area (Å²) in [5.41, 5.74) is 4.39. The van der Waals surface area contributed by atoms with Gasteiger partial charge in [0.25, 0.3) is 11.8 Å². The van der Waals surface area contributed by atoms with Crippen molar-refractivity contribution in [1.82, 2.24) is 25.1 Å². The number of hydrogen-bond acceptors (Lipinski definition) is 8. The highest BCUT2D eigenvalue weighted by molar-refractivity contribution is 6.36. The molecule has 0 spiro atoms. The van der Waals surface area contributed by atoms with E-state index in [0.717, 1.165) is 79.6 Å². The summed E-state index contributed by atoms with van der Waals surface area (Å²) in [6, 6.07) is 11.2. The van der Waals surface area contributed by atoms with Gasteiger partial charge in [0, 0.05) is 66.1 Å². The average molecular weight is 742 g/mol. The Hall–Kier alpha value is -5.01. The predicted molar refractivity (Wildman–Crippen MR) is 198 cm³/mol. The number of pyridine rings is 1. The first-order chi connectivity index (χ1) is 25.6. The van der Waals surface area contributed by atoms with Crippen LogP contribution in [0.4, 0.5) is 15.9 Å². The van der Waals surface area contributed by atoms with Gasteiger partial charge in [0.15, 0.2) is 11.6 Å². The molecule has 8 rings (SSSR count). The summed E-state index contributed by atoms with van der Waals surface area (Å²) in [5.74, 6) is -1.20. The lowest BCUT2D eigenvalue weighted by molar-refractivity contribution is -0.136. The molecule has 0 aliphatic carbocycles. The number of rotatable bonds is 9. The number of carbonyl (C=O) groups is 4. The zero-order valence-corrected chi connectivity index (χ0v) is 30.2. The Morgan fingerprint density at radius 3 is 2.64 bits per heavy atom. The van der Waals surface area contributed by atoms with E-state index in [4.69, 9.17) is 16.3 Å². The van der Waals surface area contributed by atoms with Gasteiger partial charge in [0.2, 0.25) is 11.8 Å². The van der Waals surface area contributed by atoms with Crippen LogP contribution in [-0.2, 0) is 16.1 Å². The molecular formula is C39H41ClFN7O5. The molecule has 12 nitrogen and oxygen atoms in total. The Kier molecular flexibility index (Phi) is 9.54. The third-order valence-corrected chi connectivity index (χ3v) is 11.6. The molecule has 0 saturated carbocycles. The molecule has 3 saturated heterocycles. The van der Waals surface area contributed by atoms with E-state index in [9.17, 15) is 19.2 Å². The van der Waals surface area contributed by atoms with Crippen LogP contribution in [-0.4, -0.2) is 82.7 Å². The molecular weight excluding hydrogens is 701 g/mol. The van der Waals surface area contributed by atoms with Crippen LogP contribution in [0.3, 0.4) is 0 Å². The first-order valence-electron chi connectivity index (χ1n) is 18.3. The van der Waals surface area contributed by atoms with Crippen molar-refractivity contribution in [2.75, 3.05) is 43.5 Å². The second-order valence-electron chi connectivity index (χ2n) is 14.5. The van der Waals surface area contributed by atoms with E-state index in [0.29, 0.717) is 41.9 Å². The number of benzene rings is 2. The molecule has 276 valence electrons. The highest BCUT2D eigenvalue weighted by Crippen LogP contribution is 2.39. The standard InChI is InChI=1S/C39H41ClFN7O5/c1-46-14-3-6-30(46)36-35(40)25-20-42-33(19-28(25)43-36)44-37(50)23-7-9-32(27(41)18-23)53-17-13-22-11-15-47(16-12-22)29-5-2-4-24-26(29)21-48(39(24)52)31-8-10-34(49)45-38(31)51/h2,4-5,7,9,18-20,22,30-31,43H,3,6,8,10-17,21H2,1H3,(H,42,44,50)(H,45,49,51)/t30-,31?/m1/s1. The Morgan fingerprint density at radius 2 is 1.89 bits per heavy atom. The number of ether oxygens (including phenoxy) is 1. The van der Waals surface area contributed by atoms with E-state index < -0.39 is 23.7 Å². The molecule has 4 aromatic rings. The SMILES string of the molecule is CN1CCC[C@@H]1c1[nH]c2cc(NC(=O)c3ccc(OCCC4CCN(c5cccc6c5CN(C5CCC(=O)NC5=O)C6=O)CC4)c(F)c3)ncc2c1Cl. The monoisotopic (exact) mass is 741 g/mol. The van der Waals surface area contributed by atoms with E-state index >= 15 is 4.39 Å². The van der Waals surface area contributed by atoms with Crippen LogP contribution in [0.2, 0.25) is 5.02 Å². The van der Waals surface area contributed by atoms with E-state index in [2.05, 4.69) is 37.4 Å². The highest BCUT2D eigenvalue weighted by atomic mass is 35.5. The van der Waals surface area contributed by atoms with Crippen LogP contribution in [0, 0.1) is 11.7 Å². The first kappa shape index (κ1) is 35.0. The van der Waals surface area contributed by atoms with Crippen molar-refractivity contribution in [3.8, 4) is 5.75 Å². The first-order valence-corrected chi connectivity index (χ1v) is 18.6. The lowest BCUT2D eigenvalue weighted by Crippen LogP contribution is -2.52. The minimum atomic E-state index is -0.648. The van der Waals surface area contributed by atoms with Crippen molar-refractivity contribution < 1.29 is 28.3 Å². The van der Waals surface area contributed by atoms with Crippen molar-refractivity contribution >= 4 is 57.6 Å². The summed E-state index contributed by atoms with van der Waals surface area (Å²) in [4.78, 5) is 64.3. The number of fused-ring (bicyclic) bond motifs is 2. The minimum absolute atomic E-state index is 0.0917. The minimum Gasteiger partial charge on any atom is -0.491 e. The summed E-state index contributed by atoms with van der Waals surface area (Å²) in [5, 5.41) is 6.55. The zero-order chi connectivity index (χ0) is 36.8. The fourth-order valence-corrected chi connectivity index (χ4v) is 8.59. The summed E-state index contributed by atoms with van der Waals surface area (Å²) in [6.07, 6.45) is 6.87. The maximum Gasteiger partial charge on any atom is 0.256 e. The second-order valence-corrected chi connectivity index (χ2v) is 14.9. The Bertz CT molecular complexity index is 2110. The van der Waals surface area contributed by atoms with Crippen LogP contribution in [0.5, 0.6) is 5.75 Å². The number of amides is 4. The van der Waals surface area contributed by atoms with Crippen LogP contribution in [0.25, 0.3) is 10.9 Å². The fraction of sp³-hybridized carbons (Fsp3) is 0.410. The second kappa shape index (κ2) is 14.4. The zero-order valence-electron chi connectivity index (χ0n) is 29.4. The van der Waals surface area contributed by atoms with Crippen molar-refractivity contribution in [2.45, 2.75) is 63.6 Å². The van der Waals surface area contributed by atoms with Gasteiger partial charge in [-0.3, -0.25) is 29.4 Å². The lowest BCUT2D eigenvalue weighted by Gasteiger charge is -2.35. The van der Waals surface area contributed by atoms with Crippen LogP contribution in [0.15, 0.2) is 48.7 Å². The number of nitrogens with one attached hydrogen (secondary N) is 3. The quantitative estimate of drug-likeness (QED) is 0.183. The van der Waals surface area contributed by atoms with E-state index in [1.54, 1.807) is 23.2 Å². The highest BCUT2D eigenvalue weighted by Gasteiger charge is 2.40. The van der Waals surface area contributed by atoms with E-state index in [-0.39, 0.29) is 35.6 Å². The Morgan fingerprint density at radius 1 is 1.06 bits per heavy atom. The molecule has 1 unspecified atom stereocenters. The third kappa shape index (κ3) is 6.83. The molecule has 14 heteroatoms. The van der Waals surface area contributed by atoms with Gasteiger partial charge in [0.1, 0.15) is 11.9 Å². The molecule has 2 aromatic heterocycles. The van der Waals surface area contributed by atoms with Gasteiger partial charge >= 0.3 is 0 Å². The lowest BCUT2D eigenvalue weighted by atomic mass is 9.93. The molecule has 3 fully saturated rings. The number of hydrogen-bond donors (Lipinski definition) is 3. The molecule has 4 aliphatic rings. The molecule has 0 bridgehead atoms. The van der Waals surface area contributed by atoms with Crippen molar-refractivity contribution in [1.29, 1.82) is 0 Å². The van der Waals surface area contributed by atoms with Crippen molar-refractivity contribution in [3.63, 3.8) is 0 Å². The number of H-pyrrole nitrogens is 1. The smallest absolute Gasteiger partial charge is 0.256 e. The summed E-state index contributed by atoms with van der Waals surface area (Å²) in [6.45, 7) is 3.28. The van der Waals surface area contributed by atoms with Gasteiger partial charge in [0.05, 0.1) is 28.9 Å². The fourth-order valence-electron chi connectivity index (χ4n) is 8.26. The van der Waals surface area contributed by atoms with E-state index in [1.165, 1.54) is 18.2 Å². The maximum absolute atomic E-state index is 15.1. The van der Waals surface area contributed by atoms with Gasteiger partial charge in [-0.25, -0.2) is 9.37 Å². The molecule has 4 amide bonds. The molecule has 2 aromatic carbocycles. The normalized spacial score (nSPS) is 21.0. The number of anilines is 2. The van der Waals surface area contributed by atoms with E-state index in [1.807, 2.05) is 12.1 Å². The Labute approximate surface area is 311 Å². The number of nitrogens with zero attached hydrogens (tertiary/aromatic N) is 4. The van der Waals surface area contributed by atoms with Crippen LogP contribution in [0.1, 0.15) is 83.0 Å². The third-order valence-electron chi connectivity index (χ3n) is 11.2. The van der Waals surface area contributed by atoms with Crippen LogP contribution >= 0.6 is 11.6 Å². The molecule has 3 N–H and O–H groups in total. The van der Waals surface area contributed by atoms with Crippen LogP contribution < -0.4 is 20.3 Å². The van der Waals surface area contributed by atoms with Gasteiger partial charge in [-0.05, 0) is 88.4 Å². The summed E-state index contributed by atoms with van der Waals surface area (Å²) in [7, 11) is 2.08. The number of aromatic amines is 1. The number of imide groups is 1. The number of carbonyl (C=O) groups excluding carboxylic acids is 4. The topological polar surface area (TPSA) is 140 Å². The maximum atomic E-state index is 15.1. The van der Waals surface area contributed by atoms with Gasteiger partial charge in [-0.2, -0.15) is 0 Å². The number of likely N-dealkylation sites (tertiary alicyclic amines) is 1. The van der Waals surface area contributed by atoms with Gasteiger partial charge < -0.3 is 24.8 Å². The molecule has 53 heavy (non-hydrogen) atoms. The van der Waals surface area contributed by atoms with Crippen molar-refractivity contribution in [2.24, 2.45) is 5.92 Å². The molecule has 6 heterocycles. The molecule has 4 aliphatic heterocycles. The number of aromatic nitrogens is 2. The summed E-state index contributed by atoms with van der Waals surface area (Å²) >= 11 is 6.68. The average Bonchev–Trinajstić information content (AvgIpc) is 3.83. The summed E-state index contributed by atoms with van der Waals surface area (Å²) < 4.78 is 20.9. The molecule has 0 radical (unpaired) electrons. The van der Waals surface area contributed by atoms with Gasteiger partial charge in [-0.15, -0.1) is 0 Å². The number of piperidine rings is 2. The molecule has 2 atom stereocenters. The number of halogens is 2.